The first-order valence-electron chi connectivity index (χ1n) is 7.43. The van der Waals surface area contributed by atoms with Gasteiger partial charge in [0.15, 0.2) is 0 Å². The van der Waals surface area contributed by atoms with Crippen LogP contribution in [0, 0.1) is 0 Å². The number of hydrogen-bond donors (Lipinski definition) is 0. The first-order valence-corrected chi connectivity index (χ1v) is 8.87. The summed E-state index contributed by atoms with van der Waals surface area (Å²) in [6.07, 6.45) is 1.87. The highest BCUT2D eigenvalue weighted by molar-refractivity contribution is 7.89. The summed E-state index contributed by atoms with van der Waals surface area (Å²) in [6, 6.07) is 16.6. The Labute approximate surface area is 131 Å². The third-order valence-electron chi connectivity index (χ3n) is 3.76. The third-order valence-corrected chi connectivity index (χ3v) is 5.65. The summed E-state index contributed by atoms with van der Waals surface area (Å²) in [5.74, 6) is 0.573. The van der Waals surface area contributed by atoms with Gasteiger partial charge in [0.25, 0.3) is 0 Å². The van der Waals surface area contributed by atoms with Crippen molar-refractivity contribution in [3.63, 3.8) is 0 Å². The topological polar surface area (TPSA) is 46.6 Å². The first kappa shape index (κ1) is 15.1. The Morgan fingerprint density at radius 2 is 1.68 bits per heavy atom. The van der Waals surface area contributed by atoms with Gasteiger partial charge in [0, 0.05) is 19.2 Å². The molecule has 0 unspecified atom stereocenters. The highest BCUT2D eigenvalue weighted by Crippen LogP contribution is 2.24. The molecule has 2 aromatic rings. The molecule has 4 nitrogen and oxygen atoms in total. The van der Waals surface area contributed by atoms with Gasteiger partial charge in [-0.15, -0.1) is 0 Å². The number of ether oxygens (including phenoxy) is 1. The molecule has 0 spiro atoms. The van der Waals surface area contributed by atoms with Crippen LogP contribution >= 0.6 is 0 Å². The van der Waals surface area contributed by atoms with Crippen LogP contribution in [0.15, 0.2) is 59.5 Å². The van der Waals surface area contributed by atoms with Crippen molar-refractivity contribution in [1.29, 1.82) is 0 Å². The summed E-state index contributed by atoms with van der Waals surface area (Å²) in [5.41, 5.74) is 1.05. The zero-order chi connectivity index (χ0) is 15.4. The first-order chi connectivity index (χ1) is 10.7. The average molecular weight is 317 g/mol. The maximum atomic E-state index is 12.5. The zero-order valence-electron chi connectivity index (χ0n) is 12.3. The predicted molar refractivity (Wildman–Crippen MR) is 85.2 cm³/mol. The van der Waals surface area contributed by atoms with Crippen molar-refractivity contribution in [2.24, 2.45) is 0 Å². The molecule has 0 aliphatic carbocycles. The van der Waals surface area contributed by atoms with E-state index in [1.54, 1.807) is 28.6 Å². The van der Waals surface area contributed by atoms with Gasteiger partial charge >= 0.3 is 0 Å². The lowest BCUT2D eigenvalue weighted by Gasteiger charge is -2.16. The molecular formula is C17H19NO3S. The van der Waals surface area contributed by atoms with Crippen molar-refractivity contribution in [3.8, 4) is 5.75 Å². The number of benzene rings is 2. The van der Waals surface area contributed by atoms with Gasteiger partial charge < -0.3 is 4.74 Å². The van der Waals surface area contributed by atoms with Crippen LogP contribution in [-0.4, -0.2) is 25.8 Å². The Morgan fingerprint density at radius 3 is 2.41 bits per heavy atom. The van der Waals surface area contributed by atoms with Crippen molar-refractivity contribution >= 4 is 10.0 Å². The van der Waals surface area contributed by atoms with Crippen LogP contribution in [0.1, 0.15) is 18.4 Å². The van der Waals surface area contributed by atoms with Gasteiger partial charge in [-0.2, -0.15) is 4.31 Å². The summed E-state index contributed by atoms with van der Waals surface area (Å²) in [4.78, 5) is 0.306. The normalized spacial score (nSPS) is 15.8. The molecule has 116 valence electrons. The fraction of sp³-hybridized carbons (Fsp3) is 0.294. The van der Waals surface area contributed by atoms with Gasteiger partial charge in [-0.3, -0.25) is 0 Å². The predicted octanol–water partition coefficient (Wildman–Crippen LogP) is 3.05. The molecule has 0 radical (unpaired) electrons. The fourth-order valence-corrected chi connectivity index (χ4v) is 4.10. The van der Waals surface area contributed by atoms with Crippen molar-refractivity contribution in [3.05, 3.63) is 60.2 Å². The molecule has 2 aromatic carbocycles. The highest BCUT2D eigenvalue weighted by atomic mass is 32.2. The number of nitrogens with zero attached hydrogens (tertiary/aromatic N) is 1. The second-order valence-corrected chi connectivity index (χ2v) is 7.30. The number of sulfonamides is 1. The molecule has 0 amide bonds. The molecule has 0 bridgehead atoms. The van der Waals surface area contributed by atoms with Crippen LogP contribution < -0.4 is 4.74 Å². The van der Waals surface area contributed by atoms with Crippen molar-refractivity contribution in [1.82, 2.24) is 4.31 Å². The minimum absolute atomic E-state index is 0.306. The molecule has 0 N–H and O–H groups in total. The summed E-state index contributed by atoms with van der Waals surface area (Å²) in [7, 11) is -3.39. The van der Waals surface area contributed by atoms with E-state index in [9.17, 15) is 8.42 Å². The molecule has 1 fully saturated rings. The second-order valence-electron chi connectivity index (χ2n) is 5.36. The molecule has 5 heteroatoms. The average Bonchev–Trinajstić information content (AvgIpc) is 3.09. The highest BCUT2D eigenvalue weighted by Gasteiger charge is 2.27. The fourth-order valence-electron chi connectivity index (χ4n) is 2.54. The van der Waals surface area contributed by atoms with Gasteiger partial charge in [-0.1, -0.05) is 36.4 Å². The quantitative estimate of drug-likeness (QED) is 0.851. The Bertz CT molecular complexity index is 723. The lowest BCUT2D eigenvalue weighted by Crippen LogP contribution is -2.27. The van der Waals surface area contributed by atoms with Crippen molar-refractivity contribution in [2.75, 3.05) is 13.1 Å². The minimum Gasteiger partial charge on any atom is -0.489 e. The standard InChI is InChI=1S/C17H19NO3S/c19-22(20,18-11-4-5-12-18)17-10-6-9-16(13-17)21-14-15-7-2-1-3-8-15/h1-3,6-10,13H,4-5,11-12,14H2. The van der Waals surface area contributed by atoms with Crippen LogP contribution in [0.5, 0.6) is 5.75 Å². The van der Waals surface area contributed by atoms with Gasteiger partial charge in [-0.25, -0.2) is 8.42 Å². The van der Waals surface area contributed by atoms with E-state index >= 15 is 0 Å². The van der Waals surface area contributed by atoms with E-state index < -0.39 is 10.0 Å². The number of rotatable bonds is 5. The van der Waals surface area contributed by atoms with Crippen LogP contribution in [0.25, 0.3) is 0 Å². The largest absolute Gasteiger partial charge is 0.489 e. The van der Waals surface area contributed by atoms with E-state index in [1.165, 1.54) is 0 Å². The summed E-state index contributed by atoms with van der Waals surface area (Å²) < 4.78 is 32.3. The maximum Gasteiger partial charge on any atom is 0.243 e. The van der Waals surface area contributed by atoms with E-state index in [-0.39, 0.29) is 0 Å². The molecular weight excluding hydrogens is 298 g/mol. The lowest BCUT2D eigenvalue weighted by molar-refractivity contribution is 0.305. The Hall–Kier alpha value is -1.85. The minimum atomic E-state index is -3.39. The lowest BCUT2D eigenvalue weighted by atomic mass is 10.2. The van der Waals surface area contributed by atoms with Gasteiger partial charge in [0.2, 0.25) is 10.0 Å². The summed E-state index contributed by atoms with van der Waals surface area (Å²) >= 11 is 0. The molecule has 3 rings (SSSR count). The van der Waals surface area contributed by atoms with Gasteiger partial charge in [0.1, 0.15) is 12.4 Å². The maximum absolute atomic E-state index is 12.5. The molecule has 0 aromatic heterocycles. The van der Waals surface area contributed by atoms with Crippen molar-refractivity contribution in [2.45, 2.75) is 24.3 Å². The van der Waals surface area contributed by atoms with Crippen LogP contribution in [0.3, 0.4) is 0 Å². The molecule has 0 atom stereocenters. The smallest absolute Gasteiger partial charge is 0.243 e. The molecule has 1 aliphatic rings. The van der Waals surface area contributed by atoms with E-state index in [0.717, 1.165) is 18.4 Å². The van der Waals surface area contributed by atoms with Gasteiger partial charge in [-0.05, 0) is 30.5 Å². The molecule has 1 saturated heterocycles. The van der Waals surface area contributed by atoms with E-state index in [0.29, 0.717) is 30.3 Å². The van der Waals surface area contributed by atoms with E-state index in [2.05, 4.69) is 0 Å². The second kappa shape index (κ2) is 6.50. The molecule has 1 heterocycles. The van der Waals surface area contributed by atoms with Gasteiger partial charge in [0.05, 0.1) is 4.90 Å². The van der Waals surface area contributed by atoms with Crippen LogP contribution in [-0.2, 0) is 16.6 Å². The third kappa shape index (κ3) is 3.31. The van der Waals surface area contributed by atoms with Crippen molar-refractivity contribution < 1.29 is 13.2 Å². The Morgan fingerprint density at radius 1 is 0.955 bits per heavy atom. The summed E-state index contributed by atoms with van der Waals surface area (Å²) in [6.45, 7) is 1.64. The SMILES string of the molecule is O=S(=O)(c1cccc(OCc2ccccc2)c1)N1CCCC1. The molecule has 0 saturated carbocycles. The zero-order valence-corrected chi connectivity index (χ0v) is 13.1. The Kier molecular flexibility index (Phi) is 4.45. The number of hydrogen-bond acceptors (Lipinski definition) is 3. The molecule has 1 aliphatic heterocycles. The van der Waals surface area contributed by atoms with Crippen LogP contribution in [0.4, 0.5) is 0 Å². The monoisotopic (exact) mass is 317 g/mol. The summed E-state index contributed by atoms with van der Waals surface area (Å²) in [5, 5.41) is 0. The van der Waals surface area contributed by atoms with Crippen LogP contribution in [0.2, 0.25) is 0 Å². The van der Waals surface area contributed by atoms with E-state index in [4.69, 9.17) is 4.74 Å². The van der Waals surface area contributed by atoms with E-state index in [1.807, 2.05) is 30.3 Å². The Balaban J connectivity index is 1.75. The molecule has 22 heavy (non-hydrogen) atoms.